The van der Waals surface area contributed by atoms with E-state index in [9.17, 15) is 18.0 Å². The molecule has 3 rings (SSSR count). The van der Waals surface area contributed by atoms with Crippen molar-refractivity contribution in [3.05, 3.63) is 93.5 Å². The molecule has 10 heteroatoms. The van der Waals surface area contributed by atoms with Crippen molar-refractivity contribution in [3.8, 4) is 0 Å². The van der Waals surface area contributed by atoms with Crippen LogP contribution in [-0.2, 0) is 26.2 Å². The summed E-state index contributed by atoms with van der Waals surface area (Å²) in [7, 11) is -2.65. The highest BCUT2D eigenvalue weighted by molar-refractivity contribution is 7.92. The van der Waals surface area contributed by atoms with Gasteiger partial charge in [0.2, 0.25) is 11.8 Å². The molecule has 3 aromatic rings. The molecule has 202 valence electrons. The van der Waals surface area contributed by atoms with Crippen molar-refractivity contribution < 1.29 is 18.0 Å². The van der Waals surface area contributed by atoms with Crippen LogP contribution in [0.1, 0.15) is 30.0 Å². The average molecular weight is 577 g/mol. The van der Waals surface area contributed by atoms with Gasteiger partial charge in [-0.3, -0.25) is 13.9 Å². The zero-order valence-electron chi connectivity index (χ0n) is 21.7. The first-order valence-electron chi connectivity index (χ1n) is 12.1. The minimum absolute atomic E-state index is 0.0539. The van der Waals surface area contributed by atoms with Gasteiger partial charge in [0, 0.05) is 29.2 Å². The van der Waals surface area contributed by atoms with Crippen molar-refractivity contribution in [2.75, 3.05) is 17.9 Å². The maximum atomic E-state index is 14.0. The third kappa shape index (κ3) is 6.49. The molecule has 0 fully saturated rings. The molecule has 38 heavy (non-hydrogen) atoms. The summed E-state index contributed by atoms with van der Waals surface area (Å²) in [5, 5.41) is 3.27. The first-order chi connectivity index (χ1) is 18.0. The van der Waals surface area contributed by atoms with Gasteiger partial charge in [-0.05, 0) is 56.2 Å². The number of nitrogens with zero attached hydrogens (tertiary/aromatic N) is 2. The van der Waals surface area contributed by atoms with Crippen LogP contribution < -0.4 is 9.62 Å². The van der Waals surface area contributed by atoms with Gasteiger partial charge >= 0.3 is 0 Å². The Bertz CT molecular complexity index is 1390. The van der Waals surface area contributed by atoms with Crippen LogP contribution in [0, 0.1) is 13.8 Å². The van der Waals surface area contributed by atoms with Gasteiger partial charge in [0.05, 0.1) is 10.6 Å². The van der Waals surface area contributed by atoms with E-state index in [0.29, 0.717) is 33.3 Å². The highest BCUT2D eigenvalue weighted by Gasteiger charge is 2.34. The highest BCUT2D eigenvalue weighted by atomic mass is 35.5. The minimum Gasteiger partial charge on any atom is -0.357 e. The van der Waals surface area contributed by atoms with Crippen molar-refractivity contribution in [1.29, 1.82) is 0 Å². The summed E-state index contributed by atoms with van der Waals surface area (Å²) in [5.41, 5.74) is 2.41. The van der Waals surface area contributed by atoms with E-state index in [1.165, 1.54) is 24.1 Å². The molecule has 3 aromatic carbocycles. The molecule has 1 atom stereocenters. The number of halogens is 2. The summed E-state index contributed by atoms with van der Waals surface area (Å²) in [6, 6.07) is 17.5. The lowest BCUT2D eigenvalue weighted by atomic mass is 10.1. The zero-order valence-corrected chi connectivity index (χ0v) is 24.1. The van der Waals surface area contributed by atoms with Crippen LogP contribution in [0.15, 0.2) is 71.6 Å². The van der Waals surface area contributed by atoms with Gasteiger partial charge in [-0.1, -0.05) is 72.1 Å². The van der Waals surface area contributed by atoms with Gasteiger partial charge in [0.15, 0.2) is 0 Å². The summed E-state index contributed by atoms with van der Waals surface area (Å²) in [5.74, 6) is -0.955. The third-order valence-electron chi connectivity index (χ3n) is 6.29. The summed E-state index contributed by atoms with van der Waals surface area (Å²) in [4.78, 5) is 28.2. The van der Waals surface area contributed by atoms with E-state index in [1.807, 2.05) is 6.92 Å². The molecule has 0 aliphatic rings. The Labute approximate surface area is 234 Å². The lowest BCUT2D eigenvalue weighted by molar-refractivity contribution is -0.140. The van der Waals surface area contributed by atoms with Gasteiger partial charge in [-0.15, -0.1) is 0 Å². The fourth-order valence-electron chi connectivity index (χ4n) is 4.13. The largest absolute Gasteiger partial charge is 0.357 e. The van der Waals surface area contributed by atoms with E-state index in [2.05, 4.69) is 5.32 Å². The minimum atomic E-state index is -4.14. The Balaban J connectivity index is 2.11. The average Bonchev–Trinajstić information content (AvgIpc) is 2.89. The van der Waals surface area contributed by atoms with E-state index >= 15 is 0 Å². The number of sulfonamides is 1. The molecule has 1 N–H and O–H groups in total. The number of hydrogen-bond acceptors (Lipinski definition) is 4. The van der Waals surface area contributed by atoms with Crippen molar-refractivity contribution in [2.45, 2.75) is 44.7 Å². The standard InChI is InChI=1S/C28H31Cl2N3O4S/c1-5-25(28(35)31-4)32(17-22-23(29)10-8-11-24(22)30)27(34)18-33(26-12-7-6-9-20(26)3)38(36,37)21-15-13-19(2)14-16-21/h6-16,25H,5,17-18H2,1-4H3,(H,31,35)/t25-/m0/s1. The van der Waals surface area contributed by atoms with Crippen molar-refractivity contribution in [2.24, 2.45) is 0 Å². The molecule has 0 radical (unpaired) electrons. The number of carbonyl (C=O) groups is 2. The molecule has 0 aliphatic heterocycles. The Kier molecular flexibility index (Phi) is 9.82. The summed E-state index contributed by atoms with van der Waals surface area (Å²) >= 11 is 12.8. The van der Waals surface area contributed by atoms with Gasteiger partial charge in [-0.2, -0.15) is 0 Å². The molecule has 0 saturated carbocycles. The molecule has 7 nitrogen and oxygen atoms in total. The number of likely N-dealkylation sites (N-methyl/N-ethyl adjacent to an activating group) is 1. The molecule has 2 amide bonds. The first-order valence-corrected chi connectivity index (χ1v) is 14.3. The second kappa shape index (κ2) is 12.7. The number of nitrogens with one attached hydrogen (secondary N) is 1. The predicted molar refractivity (Wildman–Crippen MR) is 152 cm³/mol. The van der Waals surface area contributed by atoms with Crippen molar-refractivity contribution in [3.63, 3.8) is 0 Å². The van der Waals surface area contributed by atoms with Crippen molar-refractivity contribution >= 4 is 50.7 Å². The van der Waals surface area contributed by atoms with Crippen LogP contribution in [0.2, 0.25) is 10.0 Å². The number of anilines is 1. The fourth-order valence-corrected chi connectivity index (χ4v) is 6.13. The van der Waals surface area contributed by atoms with Crippen LogP contribution in [0.5, 0.6) is 0 Å². The van der Waals surface area contributed by atoms with Crippen LogP contribution in [0.3, 0.4) is 0 Å². The molecule has 0 unspecified atom stereocenters. The summed E-state index contributed by atoms with van der Waals surface area (Å²) in [6.07, 6.45) is 0.294. The Hall–Kier alpha value is -3.07. The molecule has 0 bridgehead atoms. The van der Waals surface area contributed by atoms with E-state index in [-0.39, 0.29) is 17.3 Å². The quantitative estimate of drug-likeness (QED) is 0.352. The Morgan fingerprint density at radius 1 is 0.921 bits per heavy atom. The number of amides is 2. The SMILES string of the molecule is CC[C@@H](C(=O)NC)N(Cc1c(Cl)cccc1Cl)C(=O)CN(c1ccccc1C)S(=O)(=O)c1ccc(C)cc1. The van der Waals surface area contributed by atoms with Gasteiger partial charge in [0.1, 0.15) is 12.6 Å². The fraction of sp³-hybridized carbons (Fsp3) is 0.286. The van der Waals surface area contributed by atoms with Gasteiger partial charge in [0.25, 0.3) is 10.0 Å². The molecular weight excluding hydrogens is 545 g/mol. The molecular formula is C28H31Cl2N3O4S. The van der Waals surface area contributed by atoms with Crippen LogP contribution in [-0.4, -0.2) is 44.8 Å². The summed E-state index contributed by atoms with van der Waals surface area (Å²) < 4.78 is 28.9. The predicted octanol–water partition coefficient (Wildman–Crippen LogP) is 5.36. The highest BCUT2D eigenvalue weighted by Crippen LogP contribution is 2.30. The second-order valence-electron chi connectivity index (χ2n) is 8.87. The molecule has 0 heterocycles. The lowest BCUT2D eigenvalue weighted by Gasteiger charge is -2.33. The smallest absolute Gasteiger partial charge is 0.264 e. The van der Waals surface area contributed by atoms with E-state index in [1.54, 1.807) is 68.4 Å². The topological polar surface area (TPSA) is 86.8 Å². The maximum absolute atomic E-state index is 14.0. The Morgan fingerprint density at radius 2 is 1.53 bits per heavy atom. The second-order valence-corrected chi connectivity index (χ2v) is 11.5. The van der Waals surface area contributed by atoms with E-state index in [4.69, 9.17) is 23.2 Å². The Morgan fingerprint density at radius 3 is 2.08 bits per heavy atom. The first kappa shape index (κ1) is 29.5. The van der Waals surface area contributed by atoms with Crippen molar-refractivity contribution in [1.82, 2.24) is 10.2 Å². The molecule has 0 aliphatic carbocycles. The van der Waals surface area contributed by atoms with Crippen LogP contribution >= 0.6 is 23.2 Å². The maximum Gasteiger partial charge on any atom is 0.264 e. The number of rotatable bonds is 10. The van der Waals surface area contributed by atoms with Gasteiger partial charge < -0.3 is 10.2 Å². The molecule has 0 spiro atoms. The lowest BCUT2D eigenvalue weighted by Crippen LogP contribution is -2.52. The monoisotopic (exact) mass is 575 g/mol. The summed E-state index contributed by atoms with van der Waals surface area (Å²) in [6.45, 7) is 4.81. The number of carbonyl (C=O) groups excluding carboxylic acids is 2. The van der Waals surface area contributed by atoms with Crippen LogP contribution in [0.25, 0.3) is 0 Å². The van der Waals surface area contributed by atoms with Crippen LogP contribution in [0.4, 0.5) is 5.69 Å². The van der Waals surface area contributed by atoms with E-state index < -0.39 is 28.5 Å². The number of para-hydroxylation sites is 1. The number of aryl methyl sites for hydroxylation is 2. The number of hydrogen-bond donors (Lipinski definition) is 1. The van der Waals surface area contributed by atoms with E-state index in [0.717, 1.165) is 9.87 Å². The third-order valence-corrected chi connectivity index (χ3v) is 8.78. The number of benzene rings is 3. The molecule has 0 aromatic heterocycles. The van der Waals surface area contributed by atoms with Gasteiger partial charge in [-0.25, -0.2) is 8.42 Å². The zero-order chi connectivity index (χ0) is 28.0. The normalized spacial score (nSPS) is 12.1. The molecule has 0 saturated heterocycles.